The maximum atomic E-state index is 13.1. The highest BCUT2D eigenvalue weighted by atomic mass is 35.5. The van der Waals surface area contributed by atoms with Gasteiger partial charge in [0.15, 0.2) is 0 Å². The molecule has 6 nitrogen and oxygen atoms in total. The summed E-state index contributed by atoms with van der Waals surface area (Å²) in [5, 5.41) is 7.14. The summed E-state index contributed by atoms with van der Waals surface area (Å²) < 4.78 is 5.50. The highest BCUT2D eigenvalue weighted by molar-refractivity contribution is 7.18. The maximum Gasteiger partial charge on any atom is 0.265 e. The van der Waals surface area contributed by atoms with E-state index < -0.39 is 0 Å². The highest BCUT2D eigenvalue weighted by Gasteiger charge is 2.22. The first-order chi connectivity index (χ1) is 15.5. The van der Waals surface area contributed by atoms with Gasteiger partial charge in [0.1, 0.15) is 0 Å². The molecule has 1 fully saturated rings. The van der Waals surface area contributed by atoms with Crippen LogP contribution in [0, 0.1) is 0 Å². The van der Waals surface area contributed by atoms with Crippen LogP contribution in [0.25, 0.3) is 11.1 Å². The quantitative estimate of drug-likeness (QED) is 0.499. The Kier molecular flexibility index (Phi) is 7.09. The molecule has 0 radical (unpaired) electrons. The van der Waals surface area contributed by atoms with Crippen LogP contribution < -0.4 is 15.5 Å². The fraction of sp³-hybridized carbons (Fsp3) is 0.250. The van der Waals surface area contributed by atoms with E-state index in [2.05, 4.69) is 15.5 Å². The van der Waals surface area contributed by atoms with Gasteiger partial charge in [-0.2, -0.15) is 0 Å². The summed E-state index contributed by atoms with van der Waals surface area (Å²) in [7, 11) is 0. The summed E-state index contributed by atoms with van der Waals surface area (Å²) >= 11 is 7.76. The van der Waals surface area contributed by atoms with Crippen molar-refractivity contribution in [2.45, 2.75) is 13.3 Å². The SMILES string of the molecule is CCC(=O)Nc1ccc(Cl)c(NC(=O)c2cc(-c3ccccc3)c(N3CCOCC3)s2)c1. The predicted octanol–water partition coefficient (Wildman–Crippen LogP) is 5.51. The van der Waals surface area contributed by atoms with Gasteiger partial charge < -0.3 is 20.3 Å². The number of nitrogens with one attached hydrogen (secondary N) is 2. The van der Waals surface area contributed by atoms with Crippen LogP contribution in [-0.4, -0.2) is 38.1 Å². The van der Waals surface area contributed by atoms with Gasteiger partial charge in [0.25, 0.3) is 5.91 Å². The zero-order valence-electron chi connectivity index (χ0n) is 17.7. The van der Waals surface area contributed by atoms with Crippen molar-refractivity contribution in [1.82, 2.24) is 0 Å². The molecule has 2 amide bonds. The molecule has 8 heteroatoms. The number of carbonyl (C=O) groups is 2. The van der Waals surface area contributed by atoms with Gasteiger partial charge in [-0.3, -0.25) is 9.59 Å². The molecule has 32 heavy (non-hydrogen) atoms. The molecule has 4 rings (SSSR count). The predicted molar refractivity (Wildman–Crippen MR) is 131 cm³/mol. The number of amides is 2. The molecule has 0 spiro atoms. The molecule has 0 aliphatic carbocycles. The van der Waals surface area contributed by atoms with Crippen LogP contribution in [0.3, 0.4) is 0 Å². The zero-order valence-corrected chi connectivity index (χ0v) is 19.3. The highest BCUT2D eigenvalue weighted by Crippen LogP contribution is 2.40. The number of hydrogen-bond acceptors (Lipinski definition) is 5. The number of morpholine rings is 1. The first-order valence-electron chi connectivity index (χ1n) is 10.5. The first-order valence-corrected chi connectivity index (χ1v) is 11.7. The largest absolute Gasteiger partial charge is 0.378 e. The van der Waals surface area contributed by atoms with Crippen molar-refractivity contribution in [1.29, 1.82) is 0 Å². The minimum Gasteiger partial charge on any atom is -0.378 e. The normalized spacial score (nSPS) is 13.6. The third-order valence-electron chi connectivity index (χ3n) is 5.14. The molecule has 1 aromatic heterocycles. The van der Waals surface area contributed by atoms with Crippen LogP contribution >= 0.6 is 22.9 Å². The Hall–Kier alpha value is -2.87. The second-order valence-corrected chi connectivity index (χ2v) is 8.78. The lowest BCUT2D eigenvalue weighted by atomic mass is 10.1. The van der Waals surface area contributed by atoms with Gasteiger partial charge in [-0.15, -0.1) is 11.3 Å². The molecule has 2 N–H and O–H groups in total. The number of thiophene rings is 1. The van der Waals surface area contributed by atoms with Crippen molar-refractivity contribution < 1.29 is 14.3 Å². The zero-order chi connectivity index (χ0) is 22.5. The van der Waals surface area contributed by atoms with Gasteiger partial charge in [0.2, 0.25) is 5.91 Å². The molecule has 0 unspecified atom stereocenters. The first kappa shape index (κ1) is 22.3. The van der Waals surface area contributed by atoms with Crippen LogP contribution in [0.2, 0.25) is 5.02 Å². The number of halogens is 1. The Bertz CT molecular complexity index is 1110. The fourth-order valence-corrected chi connectivity index (χ4v) is 4.74. The van der Waals surface area contributed by atoms with Gasteiger partial charge in [0.05, 0.1) is 33.8 Å². The van der Waals surface area contributed by atoms with Crippen LogP contribution in [-0.2, 0) is 9.53 Å². The minimum absolute atomic E-state index is 0.106. The molecule has 3 aromatic rings. The Balaban J connectivity index is 1.62. The molecule has 166 valence electrons. The number of benzene rings is 2. The van der Waals surface area contributed by atoms with E-state index in [9.17, 15) is 9.59 Å². The van der Waals surface area contributed by atoms with Crippen molar-refractivity contribution in [3.8, 4) is 11.1 Å². The molecule has 0 saturated carbocycles. The molecule has 2 heterocycles. The number of carbonyl (C=O) groups excluding carboxylic acids is 2. The molecular weight excluding hydrogens is 446 g/mol. The summed E-state index contributed by atoms with van der Waals surface area (Å²) in [6.45, 7) is 4.68. The van der Waals surface area contributed by atoms with Gasteiger partial charge in [0, 0.05) is 30.8 Å². The molecule has 2 aromatic carbocycles. The van der Waals surface area contributed by atoms with Crippen molar-refractivity contribution in [2.24, 2.45) is 0 Å². The van der Waals surface area contributed by atoms with Crippen LogP contribution in [0.15, 0.2) is 54.6 Å². The van der Waals surface area contributed by atoms with Crippen LogP contribution in [0.4, 0.5) is 16.4 Å². The average Bonchev–Trinajstić information content (AvgIpc) is 3.28. The molecule has 0 atom stereocenters. The van der Waals surface area contributed by atoms with Gasteiger partial charge in [-0.25, -0.2) is 0 Å². The lowest BCUT2D eigenvalue weighted by Crippen LogP contribution is -2.35. The summed E-state index contributed by atoms with van der Waals surface area (Å²) in [6.07, 6.45) is 0.367. The number of ether oxygens (including phenoxy) is 1. The summed E-state index contributed by atoms with van der Waals surface area (Å²) in [4.78, 5) is 27.7. The third-order valence-corrected chi connectivity index (χ3v) is 6.66. The van der Waals surface area contributed by atoms with E-state index in [0.29, 0.717) is 40.9 Å². The lowest BCUT2D eigenvalue weighted by Gasteiger charge is -2.28. The van der Waals surface area contributed by atoms with Gasteiger partial charge >= 0.3 is 0 Å². The summed E-state index contributed by atoms with van der Waals surface area (Å²) in [6, 6.07) is 17.0. The Morgan fingerprint density at radius 3 is 2.53 bits per heavy atom. The standard InChI is InChI=1S/C24H24ClN3O3S/c1-2-22(29)26-17-8-9-19(25)20(14-17)27-23(30)21-15-18(16-6-4-3-5-7-16)24(32-21)28-10-12-31-13-11-28/h3-9,14-15H,2,10-13H2,1H3,(H,26,29)(H,27,30). The third kappa shape index (κ3) is 5.12. The second-order valence-electron chi connectivity index (χ2n) is 7.35. The topological polar surface area (TPSA) is 70.7 Å². The van der Waals surface area contributed by atoms with E-state index >= 15 is 0 Å². The van der Waals surface area contributed by atoms with Crippen LogP contribution in [0.1, 0.15) is 23.0 Å². The molecule has 1 aliphatic heterocycles. The minimum atomic E-state index is -0.243. The smallest absolute Gasteiger partial charge is 0.265 e. The van der Waals surface area contributed by atoms with Crippen molar-refractivity contribution in [3.05, 3.63) is 64.5 Å². The van der Waals surface area contributed by atoms with E-state index in [1.54, 1.807) is 25.1 Å². The van der Waals surface area contributed by atoms with Gasteiger partial charge in [-0.1, -0.05) is 48.9 Å². The number of hydrogen-bond donors (Lipinski definition) is 2. The van der Waals surface area contributed by atoms with Crippen molar-refractivity contribution in [3.63, 3.8) is 0 Å². The number of nitrogens with zero attached hydrogens (tertiary/aromatic N) is 1. The van der Waals surface area contributed by atoms with E-state index in [4.69, 9.17) is 16.3 Å². The summed E-state index contributed by atoms with van der Waals surface area (Å²) in [5.74, 6) is -0.349. The summed E-state index contributed by atoms with van der Waals surface area (Å²) in [5.41, 5.74) is 3.12. The maximum absolute atomic E-state index is 13.1. The molecule has 0 bridgehead atoms. The van der Waals surface area contributed by atoms with E-state index in [1.165, 1.54) is 11.3 Å². The molecule has 1 aliphatic rings. The van der Waals surface area contributed by atoms with Crippen molar-refractivity contribution in [2.75, 3.05) is 41.8 Å². The van der Waals surface area contributed by atoms with E-state index in [-0.39, 0.29) is 11.8 Å². The lowest BCUT2D eigenvalue weighted by molar-refractivity contribution is -0.115. The van der Waals surface area contributed by atoms with Crippen molar-refractivity contribution >= 4 is 51.1 Å². The molecular formula is C24H24ClN3O3S. The van der Waals surface area contributed by atoms with Crippen LogP contribution in [0.5, 0.6) is 0 Å². The number of anilines is 3. The Labute approximate surface area is 196 Å². The number of rotatable bonds is 6. The Morgan fingerprint density at radius 1 is 1.06 bits per heavy atom. The Morgan fingerprint density at radius 2 is 1.81 bits per heavy atom. The molecule has 1 saturated heterocycles. The van der Waals surface area contributed by atoms with E-state index in [1.807, 2.05) is 36.4 Å². The fourth-order valence-electron chi connectivity index (χ4n) is 3.45. The second kappa shape index (κ2) is 10.2. The average molecular weight is 470 g/mol. The monoisotopic (exact) mass is 469 g/mol. The van der Waals surface area contributed by atoms with E-state index in [0.717, 1.165) is 29.2 Å². The van der Waals surface area contributed by atoms with Gasteiger partial charge in [-0.05, 0) is 29.8 Å².